The smallest absolute Gasteiger partial charge is 0.356 e. The molecule has 3 rings (SSSR count). The molecule has 0 spiro atoms. The minimum atomic E-state index is -1.09. The summed E-state index contributed by atoms with van der Waals surface area (Å²) < 4.78 is 15.5. The van der Waals surface area contributed by atoms with E-state index >= 15 is 0 Å². The van der Waals surface area contributed by atoms with Gasteiger partial charge >= 0.3 is 5.97 Å². The fourth-order valence-electron chi connectivity index (χ4n) is 2.38. The van der Waals surface area contributed by atoms with Crippen LogP contribution in [0.15, 0.2) is 30.5 Å². The van der Waals surface area contributed by atoms with Crippen LogP contribution in [0, 0.1) is 5.82 Å². The first-order valence-corrected chi connectivity index (χ1v) is 5.97. The molecule has 2 N–H and O–H groups in total. The summed E-state index contributed by atoms with van der Waals surface area (Å²) in [6, 6.07) is 6.31. The summed E-state index contributed by atoms with van der Waals surface area (Å²) in [6.07, 6.45) is 2.13. The molecule has 1 atom stereocenters. The van der Waals surface area contributed by atoms with Crippen LogP contribution in [0.1, 0.15) is 28.5 Å². The van der Waals surface area contributed by atoms with E-state index in [9.17, 15) is 9.18 Å². The Morgan fingerprint density at radius 3 is 3.00 bits per heavy atom. The van der Waals surface area contributed by atoms with E-state index in [0.717, 1.165) is 0 Å². The maximum atomic E-state index is 13.9. The molecule has 0 fully saturated rings. The van der Waals surface area contributed by atoms with Gasteiger partial charge in [0, 0.05) is 18.3 Å². The summed E-state index contributed by atoms with van der Waals surface area (Å²) in [6.45, 7) is 0.634. The molecule has 1 aromatic heterocycles. The fourth-order valence-corrected chi connectivity index (χ4v) is 2.38. The number of hydrogen-bond donors (Lipinski definition) is 2. The summed E-state index contributed by atoms with van der Waals surface area (Å²) in [5, 5.41) is 12.0. The average Bonchev–Trinajstić information content (AvgIpc) is 2.83. The number of aromatic nitrogens is 2. The number of nitrogens with one attached hydrogen (secondary N) is 1. The predicted octanol–water partition coefficient (Wildman–Crippen LogP) is 2.13. The maximum absolute atomic E-state index is 13.9. The molecule has 1 unspecified atom stereocenters. The Balaban J connectivity index is 2.07. The van der Waals surface area contributed by atoms with E-state index in [4.69, 9.17) is 5.11 Å². The van der Waals surface area contributed by atoms with Crippen molar-refractivity contribution < 1.29 is 14.3 Å². The summed E-state index contributed by atoms with van der Waals surface area (Å²) in [7, 11) is 0. The van der Waals surface area contributed by atoms with Crippen molar-refractivity contribution in [3.63, 3.8) is 0 Å². The third-order valence-electron chi connectivity index (χ3n) is 3.25. The van der Waals surface area contributed by atoms with E-state index in [1.807, 2.05) is 0 Å². The molecule has 2 heterocycles. The highest BCUT2D eigenvalue weighted by Crippen LogP contribution is 2.31. The van der Waals surface area contributed by atoms with Crippen molar-refractivity contribution in [2.24, 2.45) is 0 Å². The van der Waals surface area contributed by atoms with E-state index in [2.05, 4.69) is 10.3 Å². The van der Waals surface area contributed by atoms with Gasteiger partial charge in [-0.3, -0.25) is 0 Å². The average molecular weight is 261 g/mol. The van der Waals surface area contributed by atoms with Crippen molar-refractivity contribution in [1.29, 1.82) is 0 Å². The highest BCUT2D eigenvalue weighted by Gasteiger charge is 2.26. The predicted molar refractivity (Wildman–Crippen MR) is 66.8 cm³/mol. The first kappa shape index (κ1) is 11.7. The number of aromatic carboxylic acids is 1. The van der Waals surface area contributed by atoms with Gasteiger partial charge in [-0.15, -0.1) is 0 Å². The minimum absolute atomic E-state index is 0.0364. The van der Waals surface area contributed by atoms with Crippen LogP contribution in [0.2, 0.25) is 0 Å². The molecule has 1 aliphatic heterocycles. The van der Waals surface area contributed by atoms with Crippen molar-refractivity contribution in [2.75, 3.05) is 11.9 Å². The zero-order chi connectivity index (χ0) is 13.4. The molecule has 0 saturated heterocycles. The third kappa shape index (κ3) is 1.95. The Morgan fingerprint density at radius 1 is 1.47 bits per heavy atom. The second-order valence-electron chi connectivity index (χ2n) is 4.41. The molecule has 5 nitrogen and oxygen atoms in total. The quantitative estimate of drug-likeness (QED) is 0.869. The van der Waals surface area contributed by atoms with Gasteiger partial charge in [-0.25, -0.2) is 14.2 Å². The van der Waals surface area contributed by atoms with Crippen molar-refractivity contribution in [3.05, 3.63) is 47.5 Å². The summed E-state index contributed by atoms with van der Waals surface area (Å²) in [4.78, 5) is 14.9. The fraction of sp³-hybridized carbons (Fsp3) is 0.231. The van der Waals surface area contributed by atoms with Crippen molar-refractivity contribution >= 4 is 11.9 Å². The molecule has 0 aliphatic carbocycles. The lowest BCUT2D eigenvalue weighted by Crippen LogP contribution is -2.24. The number of carbonyl (C=O) groups is 1. The number of nitrogens with zero attached hydrogens (tertiary/aromatic N) is 2. The molecule has 0 radical (unpaired) electrons. The van der Waals surface area contributed by atoms with Gasteiger partial charge in [-0.05, 0) is 12.5 Å². The van der Waals surface area contributed by atoms with Gasteiger partial charge in [-0.2, -0.15) is 0 Å². The van der Waals surface area contributed by atoms with Gasteiger partial charge in [-0.1, -0.05) is 18.2 Å². The Kier molecular flexibility index (Phi) is 2.70. The number of carboxylic acids is 1. The largest absolute Gasteiger partial charge is 0.476 e. The highest BCUT2D eigenvalue weighted by molar-refractivity contribution is 5.85. The molecular weight excluding hydrogens is 249 g/mol. The van der Waals surface area contributed by atoms with E-state index < -0.39 is 5.97 Å². The van der Waals surface area contributed by atoms with E-state index in [1.54, 1.807) is 22.8 Å². The third-order valence-corrected chi connectivity index (χ3v) is 3.25. The number of anilines is 1. The number of carboxylic acid groups (broad SMARTS) is 1. The lowest BCUT2D eigenvalue weighted by Gasteiger charge is -2.26. The topological polar surface area (TPSA) is 67.1 Å². The van der Waals surface area contributed by atoms with Crippen molar-refractivity contribution in [2.45, 2.75) is 12.5 Å². The first-order valence-electron chi connectivity index (χ1n) is 5.97. The standard InChI is InChI=1S/C13H12FN3O2/c14-9-4-2-1-3-8(9)11-5-6-15-13-16-10(12(18)19)7-17(11)13/h1-4,7,11H,5-6H2,(H,15,16)(H,18,19). The SMILES string of the molecule is O=C(O)c1cn2c(n1)NCCC2c1ccccc1F. The molecule has 98 valence electrons. The molecule has 1 aliphatic rings. The highest BCUT2D eigenvalue weighted by atomic mass is 19.1. The van der Waals surface area contributed by atoms with Crippen molar-refractivity contribution in [3.8, 4) is 0 Å². The Labute approximate surface area is 108 Å². The van der Waals surface area contributed by atoms with Crippen LogP contribution in [0.4, 0.5) is 10.3 Å². The normalized spacial score (nSPS) is 17.6. The van der Waals surface area contributed by atoms with Crippen LogP contribution in [-0.4, -0.2) is 27.2 Å². The van der Waals surface area contributed by atoms with Gasteiger partial charge in [0.2, 0.25) is 5.95 Å². The molecule has 0 saturated carbocycles. The Hall–Kier alpha value is -2.37. The van der Waals surface area contributed by atoms with Crippen LogP contribution >= 0.6 is 0 Å². The van der Waals surface area contributed by atoms with Crippen LogP contribution in [0.5, 0.6) is 0 Å². The number of fused-ring (bicyclic) bond motifs is 1. The number of halogens is 1. The molecule has 0 bridgehead atoms. The van der Waals surface area contributed by atoms with Crippen LogP contribution in [-0.2, 0) is 0 Å². The molecule has 0 amide bonds. The maximum Gasteiger partial charge on any atom is 0.356 e. The number of rotatable bonds is 2. The van der Waals surface area contributed by atoms with Gasteiger partial charge < -0.3 is 15.0 Å². The zero-order valence-electron chi connectivity index (χ0n) is 10.0. The number of benzene rings is 1. The Bertz CT molecular complexity index is 639. The lowest BCUT2D eigenvalue weighted by molar-refractivity contribution is 0.0691. The number of hydrogen-bond acceptors (Lipinski definition) is 3. The number of imidazole rings is 1. The van der Waals surface area contributed by atoms with Crippen LogP contribution < -0.4 is 5.32 Å². The second-order valence-corrected chi connectivity index (χ2v) is 4.41. The van der Waals surface area contributed by atoms with Gasteiger partial charge in [0.05, 0.1) is 6.04 Å². The first-order chi connectivity index (χ1) is 9.16. The molecule has 1 aromatic carbocycles. The van der Waals surface area contributed by atoms with Crippen LogP contribution in [0.3, 0.4) is 0 Å². The molecule has 19 heavy (non-hydrogen) atoms. The summed E-state index contributed by atoms with van der Waals surface area (Å²) in [5.74, 6) is -0.904. The molecule has 6 heteroatoms. The van der Waals surface area contributed by atoms with E-state index in [-0.39, 0.29) is 17.6 Å². The van der Waals surface area contributed by atoms with E-state index in [1.165, 1.54) is 12.3 Å². The monoisotopic (exact) mass is 261 g/mol. The second kappa shape index (κ2) is 4.38. The van der Waals surface area contributed by atoms with Crippen LogP contribution in [0.25, 0.3) is 0 Å². The van der Waals surface area contributed by atoms with Gasteiger partial charge in [0.25, 0.3) is 0 Å². The van der Waals surface area contributed by atoms with Crippen molar-refractivity contribution in [1.82, 2.24) is 9.55 Å². The molecular formula is C13H12FN3O2. The summed E-state index contributed by atoms with van der Waals surface area (Å²) >= 11 is 0. The molecule has 2 aromatic rings. The lowest BCUT2D eigenvalue weighted by atomic mass is 10.0. The summed E-state index contributed by atoms with van der Waals surface area (Å²) in [5.41, 5.74) is 0.519. The van der Waals surface area contributed by atoms with E-state index in [0.29, 0.717) is 24.5 Å². The minimum Gasteiger partial charge on any atom is -0.476 e. The van der Waals surface area contributed by atoms with Gasteiger partial charge in [0.15, 0.2) is 5.69 Å². The zero-order valence-corrected chi connectivity index (χ0v) is 10.0. The Morgan fingerprint density at radius 2 is 2.26 bits per heavy atom. The van der Waals surface area contributed by atoms with Gasteiger partial charge in [0.1, 0.15) is 5.82 Å².